The van der Waals surface area contributed by atoms with Crippen LogP contribution in [0.4, 0.5) is 17.1 Å². The summed E-state index contributed by atoms with van der Waals surface area (Å²) in [5.74, 6) is 0.646. The first-order valence-electron chi connectivity index (χ1n) is 8.64. The number of halogens is 1. The molecule has 0 heterocycles. The van der Waals surface area contributed by atoms with Crippen molar-refractivity contribution in [2.45, 2.75) is 20.3 Å². The van der Waals surface area contributed by atoms with Gasteiger partial charge in [-0.2, -0.15) is 0 Å². The molecule has 144 valence electrons. The highest BCUT2D eigenvalue weighted by atomic mass is 35.5. The van der Waals surface area contributed by atoms with Crippen molar-refractivity contribution < 1.29 is 14.3 Å². The highest BCUT2D eigenvalue weighted by Crippen LogP contribution is 2.27. The van der Waals surface area contributed by atoms with E-state index in [2.05, 4.69) is 16.0 Å². The van der Waals surface area contributed by atoms with Crippen LogP contribution in [0.3, 0.4) is 0 Å². The third kappa shape index (κ3) is 6.83. The van der Waals surface area contributed by atoms with Gasteiger partial charge in [-0.05, 0) is 48.4 Å². The van der Waals surface area contributed by atoms with Gasteiger partial charge in [0.1, 0.15) is 5.75 Å². The number of carbonyl (C=O) groups is 2. The Kier molecular flexibility index (Phi) is 7.49. The molecule has 3 N–H and O–H groups in total. The minimum atomic E-state index is -0.203. The van der Waals surface area contributed by atoms with Crippen molar-refractivity contribution in [2.24, 2.45) is 5.92 Å². The standard InChI is InChI=1S/C20H24ClN3O3/c1-13(2)10-19(25)23-15-6-4-14(5-7-15)22-12-20(26)24-16-8-9-18(27-3)17(21)11-16/h4-9,11,13,22H,10,12H2,1-3H3,(H,23,25)(H,24,26). The zero-order valence-corrected chi connectivity index (χ0v) is 16.4. The summed E-state index contributed by atoms with van der Waals surface area (Å²) >= 11 is 6.04. The summed E-state index contributed by atoms with van der Waals surface area (Å²) in [6, 6.07) is 12.2. The Balaban J connectivity index is 1.82. The van der Waals surface area contributed by atoms with E-state index in [9.17, 15) is 9.59 Å². The molecule has 2 aromatic rings. The molecular weight excluding hydrogens is 366 g/mol. The lowest BCUT2D eigenvalue weighted by Crippen LogP contribution is -2.21. The first-order chi connectivity index (χ1) is 12.9. The average molecular weight is 390 g/mol. The molecule has 0 aliphatic carbocycles. The van der Waals surface area contributed by atoms with E-state index < -0.39 is 0 Å². The fraction of sp³-hybridized carbons (Fsp3) is 0.300. The highest BCUT2D eigenvalue weighted by Gasteiger charge is 2.07. The predicted octanol–water partition coefficient (Wildman–Crippen LogP) is 4.38. The van der Waals surface area contributed by atoms with Crippen LogP contribution in [0.25, 0.3) is 0 Å². The number of methoxy groups -OCH3 is 1. The van der Waals surface area contributed by atoms with Crippen LogP contribution in [0.5, 0.6) is 5.75 Å². The number of carbonyl (C=O) groups excluding carboxylic acids is 2. The summed E-state index contributed by atoms with van der Waals surface area (Å²) in [5, 5.41) is 9.07. The SMILES string of the molecule is COc1ccc(NC(=O)CNc2ccc(NC(=O)CC(C)C)cc2)cc1Cl. The van der Waals surface area contributed by atoms with Gasteiger partial charge in [0.05, 0.1) is 18.7 Å². The Hall–Kier alpha value is -2.73. The molecule has 0 saturated heterocycles. The van der Waals surface area contributed by atoms with Gasteiger partial charge in [-0.3, -0.25) is 9.59 Å². The molecular formula is C20H24ClN3O3. The van der Waals surface area contributed by atoms with E-state index in [0.717, 1.165) is 11.4 Å². The van der Waals surface area contributed by atoms with Crippen LogP contribution in [0, 0.1) is 5.92 Å². The van der Waals surface area contributed by atoms with Crippen LogP contribution >= 0.6 is 11.6 Å². The fourth-order valence-electron chi connectivity index (χ4n) is 2.39. The number of nitrogens with one attached hydrogen (secondary N) is 3. The summed E-state index contributed by atoms with van der Waals surface area (Å²) in [7, 11) is 1.53. The molecule has 0 radical (unpaired) electrons. The third-order valence-electron chi connectivity index (χ3n) is 3.65. The van der Waals surface area contributed by atoms with Crippen LogP contribution in [0.2, 0.25) is 5.02 Å². The topological polar surface area (TPSA) is 79.5 Å². The second-order valence-corrected chi connectivity index (χ2v) is 6.88. The van der Waals surface area contributed by atoms with Crippen LogP contribution in [-0.4, -0.2) is 25.5 Å². The van der Waals surface area contributed by atoms with Crippen LogP contribution < -0.4 is 20.7 Å². The van der Waals surface area contributed by atoms with E-state index in [4.69, 9.17) is 16.3 Å². The summed E-state index contributed by atoms with van der Waals surface area (Å²) in [6.45, 7) is 4.10. The Labute approximate surface area is 164 Å². The van der Waals surface area contributed by atoms with Crippen molar-refractivity contribution in [3.63, 3.8) is 0 Å². The average Bonchev–Trinajstić information content (AvgIpc) is 2.60. The number of ether oxygens (including phenoxy) is 1. The molecule has 27 heavy (non-hydrogen) atoms. The molecule has 0 fully saturated rings. The zero-order valence-electron chi connectivity index (χ0n) is 15.6. The molecule has 2 amide bonds. The van der Waals surface area contributed by atoms with Gasteiger partial charge in [0.15, 0.2) is 0 Å². The smallest absolute Gasteiger partial charge is 0.243 e. The molecule has 0 aromatic heterocycles. The van der Waals surface area contributed by atoms with Crippen molar-refractivity contribution >= 4 is 40.5 Å². The van der Waals surface area contributed by atoms with Gasteiger partial charge in [0.2, 0.25) is 11.8 Å². The van der Waals surface area contributed by atoms with Crippen LogP contribution in [0.15, 0.2) is 42.5 Å². The van der Waals surface area contributed by atoms with Gasteiger partial charge in [0.25, 0.3) is 0 Å². The molecule has 2 rings (SSSR count). The quantitative estimate of drug-likeness (QED) is 0.625. The number of amides is 2. The molecule has 0 bridgehead atoms. The Morgan fingerprint density at radius 1 is 0.963 bits per heavy atom. The highest BCUT2D eigenvalue weighted by molar-refractivity contribution is 6.32. The van der Waals surface area contributed by atoms with Crippen molar-refractivity contribution in [3.8, 4) is 5.75 Å². The predicted molar refractivity (Wildman–Crippen MR) is 110 cm³/mol. The second kappa shape index (κ2) is 9.83. The fourth-order valence-corrected chi connectivity index (χ4v) is 2.64. The van der Waals surface area contributed by atoms with Gasteiger partial charge in [-0.25, -0.2) is 0 Å². The Morgan fingerprint density at radius 3 is 2.15 bits per heavy atom. The van der Waals surface area contributed by atoms with Gasteiger partial charge < -0.3 is 20.7 Å². The molecule has 6 nitrogen and oxygen atoms in total. The number of rotatable bonds is 8. The van der Waals surface area contributed by atoms with E-state index in [0.29, 0.717) is 28.8 Å². The maximum atomic E-state index is 12.1. The van der Waals surface area contributed by atoms with Gasteiger partial charge in [-0.15, -0.1) is 0 Å². The molecule has 0 saturated carbocycles. The lowest BCUT2D eigenvalue weighted by molar-refractivity contribution is -0.117. The Morgan fingerprint density at radius 2 is 1.56 bits per heavy atom. The first-order valence-corrected chi connectivity index (χ1v) is 9.02. The number of benzene rings is 2. The number of hydrogen-bond acceptors (Lipinski definition) is 4. The number of hydrogen-bond donors (Lipinski definition) is 3. The van der Waals surface area contributed by atoms with Crippen molar-refractivity contribution in [1.29, 1.82) is 0 Å². The van der Waals surface area contributed by atoms with Gasteiger partial charge in [-0.1, -0.05) is 25.4 Å². The summed E-state index contributed by atoms with van der Waals surface area (Å²) in [4.78, 5) is 23.8. The van der Waals surface area contributed by atoms with Crippen LogP contribution in [-0.2, 0) is 9.59 Å². The summed E-state index contributed by atoms with van der Waals surface area (Å²) in [6.07, 6.45) is 0.482. The second-order valence-electron chi connectivity index (χ2n) is 6.47. The molecule has 2 aromatic carbocycles. The molecule has 0 aliphatic rings. The maximum Gasteiger partial charge on any atom is 0.243 e. The molecule has 0 unspecified atom stereocenters. The monoisotopic (exact) mass is 389 g/mol. The van der Waals surface area contributed by atoms with Crippen molar-refractivity contribution in [1.82, 2.24) is 0 Å². The number of anilines is 3. The first kappa shape index (κ1) is 20.6. The maximum absolute atomic E-state index is 12.1. The molecule has 7 heteroatoms. The normalized spacial score (nSPS) is 10.4. The van der Waals surface area contributed by atoms with Gasteiger partial charge >= 0.3 is 0 Å². The molecule has 0 atom stereocenters. The van der Waals surface area contributed by atoms with Crippen molar-refractivity contribution in [2.75, 3.05) is 29.6 Å². The zero-order chi connectivity index (χ0) is 19.8. The van der Waals surface area contributed by atoms with E-state index in [1.807, 2.05) is 26.0 Å². The van der Waals surface area contributed by atoms with Crippen LogP contribution in [0.1, 0.15) is 20.3 Å². The minimum absolute atomic E-state index is 0.0109. The third-order valence-corrected chi connectivity index (χ3v) is 3.95. The molecule has 0 aliphatic heterocycles. The van der Waals surface area contributed by atoms with Gasteiger partial charge in [0, 0.05) is 23.5 Å². The summed E-state index contributed by atoms with van der Waals surface area (Å²) < 4.78 is 5.08. The lowest BCUT2D eigenvalue weighted by Gasteiger charge is -2.11. The van der Waals surface area contributed by atoms with Crippen molar-refractivity contribution in [3.05, 3.63) is 47.5 Å². The minimum Gasteiger partial charge on any atom is -0.495 e. The lowest BCUT2D eigenvalue weighted by atomic mass is 10.1. The largest absolute Gasteiger partial charge is 0.495 e. The summed E-state index contributed by atoms with van der Waals surface area (Å²) in [5.41, 5.74) is 2.10. The molecule has 0 spiro atoms. The van der Waals surface area contributed by atoms with E-state index in [1.165, 1.54) is 7.11 Å². The van der Waals surface area contributed by atoms with E-state index >= 15 is 0 Å². The van der Waals surface area contributed by atoms with E-state index in [1.54, 1.807) is 30.3 Å². The van der Waals surface area contributed by atoms with E-state index in [-0.39, 0.29) is 18.4 Å². The Bertz CT molecular complexity index is 792.